The van der Waals surface area contributed by atoms with Crippen LogP contribution >= 0.6 is 11.3 Å². The van der Waals surface area contributed by atoms with Gasteiger partial charge in [-0.15, -0.1) is 11.3 Å². The van der Waals surface area contributed by atoms with Crippen molar-refractivity contribution in [3.8, 4) is 11.5 Å². The Labute approximate surface area is 157 Å². The van der Waals surface area contributed by atoms with E-state index in [2.05, 4.69) is 0 Å². The average molecular weight is 370 g/mol. The molecule has 0 fully saturated rings. The summed E-state index contributed by atoms with van der Waals surface area (Å²) in [6.07, 6.45) is 1.98. The second-order valence-corrected chi connectivity index (χ2v) is 6.92. The van der Waals surface area contributed by atoms with E-state index in [0.29, 0.717) is 30.2 Å². The molecule has 0 spiro atoms. The monoisotopic (exact) mass is 370 g/mol. The highest BCUT2D eigenvalue weighted by atomic mass is 32.1. The minimum absolute atomic E-state index is 0.0876. The highest BCUT2D eigenvalue weighted by molar-refractivity contribution is 7.09. The lowest BCUT2D eigenvalue weighted by Gasteiger charge is -2.24. The Morgan fingerprint density at radius 2 is 1.92 bits per heavy atom. The first kappa shape index (κ1) is 18.1. The van der Waals surface area contributed by atoms with E-state index in [-0.39, 0.29) is 5.91 Å². The van der Waals surface area contributed by atoms with Crippen LogP contribution in [-0.4, -0.2) is 29.6 Å². The summed E-state index contributed by atoms with van der Waals surface area (Å²) in [5.74, 6) is 0.923. The van der Waals surface area contributed by atoms with E-state index >= 15 is 0 Å². The van der Waals surface area contributed by atoms with Gasteiger partial charge in [-0.2, -0.15) is 0 Å². The van der Waals surface area contributed by atoms with E-state index in [1.54, 1.807) is 43.8 Å². The van der Waals surface area contributed by atoms with Crippen molar-refractivity contribution in [3.05, 3.63) is 70.2 Å². The minimum Gasteiger partial charge on any atom is -0.493 e. The molecule has 5 nitrogen and oxygen atoms in total. The number of hydrogen-bond donors (Lipinski definition) is 0. The summed E-state index contributed by atoms with van der Waals surface area (Å²) in [5.41, 5.74) is 1.56. The van der Waals surface area contributed by atoms with Gasteiger partial charge >= 0.3 is 0 Å². The highest BCUT2D eigenvalue weighted by Gasteiger charge is 2.23. The van der Waals surface area contributed by atoms with Gasteiger partial charge in [0.15, 0.2) is 11.5 Å². The van der Waals surface area contributed by atoms with E-state index < -0.39 is 0 Å². The van der Waals surface area contributed by atoms with E-state index in [0.717, 1.165) is 10.6 Å². The number of carbonyl (C=O) groups is 1. The van der Waals surface area contributed by atoms with Crippen molar-refractivity contribution in [1.82, 2.24) is 9.47 Å². The van der Waals surface area contributed by atoms with Crippen LogP contribution in [0.25, 0.3) is 0 Å². The van der Waals surface area contributed by atoms with Crippen LogP contribution in [0.15, 0.2) is 54.0 Å². The smallest absolute Gasteiger partial charge is 0.258 e. The fraction of sp³-hybridized carbons (Fsp3) is 0.250. The van der Waals surface area contributed by atoms with Crippen molar-refractivity contribution in [2.75, 3.05) is 14.2 Å². The van der Waals surface area contributed by atoms with E-state index in [4.69, 9.17) is 9.47 Å². The molecule has 1 amide bonds. The van der Waals surface area contributed by atoms with Crippen molar-refractivity contribution in [2.45, 2.75) is 13.1 Å². The van der Waals surface area contributed by atoms with E-state index in [1.807, 2.05) is 52.4 Å². The fourth-order valence-electron chi connectivity index (χ4n) is 2.87. The van der Waals surface area contributed by atoms with Crippen LogP contribution in [-0.2, 0) is 20.1 Å². The van der Waals surface area contributed by atoms with E-state index in [9.17, 15) is 4.79 Å². The SMILES string of the molecule is COc1cccc(C(=O)N(Cc2cccs2)Cc2cccn2C)c1OC. The zero-order valence-corrected chi connectivity index (χ0v) is 16.0. The second-order valence-electron chi connectivity index (χ2n) is 5.89. The number of thiophene rings is 1. The van der Waals surface area contributed by atoms with Crippen molar-refractivity contribution >= 4 is 17.2 Å². The Kier molecular flexibility index (Phi) is 5.63. The second kappa shape index (κ2) is 8.10. The van der Waals surface area contributed by atoms with Crippen LogP contribution in [0.5, 0.6) is 11.5 Å². The molecule has 0 unspecified atom stereocenters. The van der Waals surface area contributed by atoms with Gasteiger partial charge in [-0.1, -0.05) is 12.1 Å². The molecular formula is C20H22N2O3S. The van der Waals surface area contributed by atoms with Gasteiger partial charge in [-0.05, 0) is 35.7 Å². The summed E-state index contributed by atoms with van der Waals surface area (Å²) in [7, 11) is 5.10. The summed E-state index contributed by atoms with van der Waals surface area (Å²) in [6.45, 7) is 1.06. The molecule has 0 aliphatic heterocycles. The Morgan fingerprint density at radius 1 is 1.08 bits per heavy atom. The predicted molar refractivity (Wildman–Crippen MR) is 103 cm³/mol. The van der Waals surface area contributed by atoms with Crippen molar-refractivity contribution in [1.29, 1.82) is 0 Å². The zero-order chi connectivity index (χ0) is 18.5. The van der Waals surface area contributed by atoms with Crippen LogP contribution in [0.1, 0.15) is 20.9 Å². The molecule has 0 N–H and O–H groups in total. The van der Waals surface area contributed by atoms with Gasteiger partial charge in [0, 0.05) is 23.8 Å². The van der Waals surface area contributed by atoms with Gasteiger partial charge < -0.3 is 18.9 Å². The van der Waals surface area contributed by atoms with Gasteiger partial charge in [0.05, 0.1) is 32.9 Å². The molecule has 0 saturated heterocycles. The third-order valence-electron chi connectivity index (χ3n) is 4.25. The molecule has 0 aliphatic carbocycles. The number of aryl methyl sites for hydroxylation is 1. The molecule has 1 aromatic carbocycles. The number of methoxy groups -OCH3 is 2. The van der Waals surface area contributed by atoms with Crippen LogP contribution in [0.4, 0.5) is 0 Å². The Balaban J connectivity index is 1.95. The minimum atomic E-state index is -0.0876. The summed E-state index contributed by atoms with van der Waals surface area (Å²) in [5, 5.41) is 2.02. The molecule has 3 rings (SSSR count). The zero-order valence-electron chi connectivity index (χ0n) is 15.1. The maximum Gasteiger partial charge on any atom is 0.258 e. The molecule has 3 aromatic rings. The normalized spacial score (nSPS) is 10.6. The van der Waals surface area contributed by atoms with Crippen molar-refractivity contribution in [3.63, 3.8) is 0 Å². The molecule has 0 bridgehead atoms. The topological polar surface area (TPSA) is 43.7 Å². The number of nitrogens with zero attached hydrogens (tertiary/aromatic N) is 2. The molecule has 0 saturated carbocycles. The maximum absolute atomic E-state index is 13.3. The third kappa shape index (κ3) is 3.75. The van der Waals surface area contributed by atoms with Crippen LogP contribution in [0.3, 0.4) is 0 Å². The lowest BCUT2D eigenvalue weighted by Crippen LogP contribution is -2.31. The largest absolute Gasteiger partial charge is 0.493 e. The van der Waals surface area contributed by atoms with Crippen LogP contribution in [0, 0.1) is 0 Å². The van der Waals surface area contributed by atoms with Gasteiger partial charge in [0.1, 0.15) is 0 Å². The first-order chi connectivity index (χ1) is 12.6. The molecule has 6 heteroatoms. The van der Waals surface area contributed by atoms with E-state index in [1.165, 1.54) is 0 Å². The number of amides is 1. The molecule has 136 valence electrons. The number of hydrogen-bond acceptors (Lipinski definition) is 4. The number of para-hydroxylation sites is 1. The Morgan fingerprint density at radius 3 is 2.54 bits per heavy atom. The van der Waals surface area contributed by atoms with Gasteiger partial charge in [0.2, 0.25) is 0 Å². The number of aromatic nitrogens is 1. The Bertz CT molecular complexity index is 871. The average Bonchev–Trinajstić information content (AvgIpc) is 3.31. The molecule has 2 heterocycles. The number of benzene rings is 1. The number of rotatable bonds is 7. The lowest BCUT2D eigenvalue weighted by molar-refractivity contribution is 0.0724. The van der Waals surface area contributed by atoms with Crippen LogP contribution < -0.4 is 9.47 Å². The molecule has 26 heavy (non-hydrogen) atoms. The maximum atomic E-state index is 13.3. The summed E-state index contributed by atoms with van der Waals surface area (Å²) in [4.78, 5) is 16.3. The third-order valence-corrected chi connectivity index (χ3v) is 5.11. The van der Waals surface area contributed by atoms with Crippen molar-refractivity contribution in [2.24, 2.45) is 7.05 Å². The summed E-state index contributed by atoms with van der Waals surface area (Å²) >= 11 is 1.64. The van der Waals surface area contributed by atoms with Crippen LogP contribution in [0.2, 0.25) is 0 Å². The molecule has 0 aliphatic rings. The number of ether oxygens (including phenoxy) is 2. The highest BCUT2D eigenvalue weighted by Crippen LogP contribution is 2.32. The van der Waals surface area contributed by atoms with Gasteiger partial charge in [-0.25, -0.2) is 0 Å². The molecule has 0 atom stereocenters. The molecule has 2 aromatic heterocycles. The molecular weight excluding hydrogens is 348 g/mol. The van der Waals surface area contributed by atoms with Gasteiger partial charge in [0.25, 0.3) is 5.91 Å². The lowest BCUT2D eigenvalue weighted by atomic mass is 10.1. The first-order valence-electron chi connectivity index (χ1n) is 8.27. The first-order valence-corrected chi connectivity index (χ1v) is 9.15. The van der Waals surface area contributed by atoms with Gasteiger partial charge in [-0.3, -0.25) is 4.79 Å². The molecule has 0 radical (unpaired) electrons. The number of carbonyl (C=O) groups excluding carboxylic acids is 1. The standard InChI is InChI=1S/C20H22N2O3S/c1-21-11-5-7-15(21)13-22(14-16-8-6-12-26-16)20(23)17-9-4-10-18(24-2)19(17)25-3/h4-12H,13-14H2,1-3H3. The summed E-state index contributed by atoms with van der Waals surface area (Å²) in [6, 6.07) is 13.4. The quantitative estimate of drug-likeness (QED) is 0.633. The predicted octanol–water partition coefficient (Wildman–Crippen LogP) is 3.95. The summed E-state index contributed by atoms with van der Waals surface area (Å²) < 4.78 is 12.8. The fourth-order valence-corrected chi connectivity index (χ4v) is 3.59. The van der Waals surface area contributed by atoms with Crippen molar-refractivity contribution < 1.29 is 14.3 Å². The Hall–Kier alpha value is -2.73.